The first-order chi connectivity index (χ1) is 12.5. The number of ether oxygens (including phenoxy) is 3. The van der Waals surface area contributed by atoms with Crippen molar-refractivity contribution in [2.75, 3.05) is 33.1 Å². The Balaban J connectivity index is 1.93. The predicted octanol–water partition coefficient (Wildman–Crippen LogP) is 1.53. The molecule has 1 amide bonds. The first-order valence-corrected chi connectivity index (χ1v) is 8.66. The van der Waals surface area contributed by atoms with Gasteiger partial charge in [0.1, 0.15) is 18.0 Å². The van der Waals surface area contributed by atoms with E-state index in [0.29, 0.717) is 17.1 Å². The normalized spacial score (nSPS) is 10.3. The number of aromatic nitrogens is 2. The minimum atomic E-state index is -0.488. The van der Waals surface area contributed by atoms with Crippen molar-refractivity contribution >= 4 is 23.6 Å². The fourth-order valence-electron chi connectivity index (χ4n) is 1.88. The van der Waals surface area contributed by atoms with Crippen LogP contribution in [0.4, 0.5) is 0 Å². The van der Waals surface area contributed by atoms with Crippen LogP contribution in [0, 0.1) is 0 Å². The Morgan fingerprint density at radius 1 is 1.15 bits per heavy atom. The van der Waals surface area contributed by atoms with Crippen LogP contribution in [0.15, 0.2) is 27.8 Å². The van der Waals surface area contributed by atoms with Crippen LogP contribution in [0.2, 0.25) is 0 Å². The van der Waals surface area contributed by atoms with Gasteiger partial charge in [0.15, 0.2) is 0 Å². The van der Waals surface area contributed by atoms with Crippen LogP contribution in [0.5, 0.6) is 11.5 Å². The Kier molecular flexibility index (Phi) is 7.27. The van der Waals surface area contributed by atoms with Gasteiger partial charge < -0.3 is 23.9 Å². The summed E-state index contributed by atoms with van der Waals surface area (Å²) in [5, 5.41) is 10.5. The number of methoxy groups -OCH3 is 2. The van der Waals surface area contributed by atoms with Gasteiger partial charge >= 0.3 is 5.97 Å². The Bertz CT molecular complexity index is 742. The third kappa shape index (κ3) is 5.66. The molecule has 1 aromatic carbocycles. The first kappa shape index (κ1) is 19.6. The molecule has 2 rings (SSSR count). The highest BCUT2D eigenvalue weighted by Gasteiger charge is 2.14. The van der Waals surface area contributed by atoms with Gasteiger partial charge in [0.05, 0.1) is 26.6 Å². The topological polar surface area (TPSA) is 113 Å². The SMILES string of the molecule is CCOC(=O)CNC(=O)CSc1nnc(-c2cc(OC)cc(OC)c2)o1. The maximum absolute atomic E-state index is 11.7. The number of esters is 1. The lowest BCUT2D eigenvalue weighted by Crippen LogP contribution is -2.31. The number of carbonyl (C=O) groups excluding carboxylic acids is 2. The summed E-state index contributed by atoms with van der Waals surface area (Å²) in [5.74, 6) is 0.651. The number of nitrogens with zero attached hydrogens (tertiary/aromatic N) is 2. The van der Waals surface area contributed by atoms with Crippen molar-refractivity contribution in [3.63, 3.8) is 0 Å². The van der Waals surface area contributed by atoms with Gasteiger partial charge in [-0.3, -0.25) is 9.59 Å². The summed E-state index contributed by atoms with van der Waals surface area (Å²) in [6.45, 7) is 1.79. The van der Waals surface area contributed by atoms with Crippen LogP contribution in [0.25, 0.3) is 11.5 Å². The van der Waals surface area contributed by atoms with Crippen LogP contribution >= 0.6 is 11.8 Å². The molecule has 0 aliphatic heterocycles. The zero-order valence-electron chi connectivity index (χ0n) is 14.6. The predicted molar refractivity (Wildman–Crippen MR) is 93.2 cm³/mol. The fraction of sp³-hybridized carbons (Fsp3) is 0.375. The number of benzene rings is 1. The standard InChI is InChI=1S/C16H19N3O6S/c1-4-24-14(21)8-17-13(20)9-26-16-19-18-15(25-16)10-5-11(22-2)7-12(6-10)23-3/h5-7H,4,8-9H2,1-3H3,(H,17,20). The van der Waals surface area contributed by atoms with Gasteiger partial charge in [-0.05, 0) is 19.1 Å². The van der Waals surface area contributed by atoms with Crippen LogP contribution < -0.4 is 14.8 Å². The van der Waals surface area contributed by atoms with E-state index in [1.54, 1.807) is 39.3 Å². The molecule has 0 aliphatic rings. The molecule has 2 aromatic rings. The van der Waals surface area contributed by atoms with E-state index in [1.165, 1.54) is 0 Å². The molecule has 1 N–H and O–H groups in total. The quantitative estimate of drug-likeness (QED) is 0.510. The lowest BCUT2D eigenvalue weighted by atomic mass is 10.2. The summed E-state index contributed by atoms with van der Waals surface area (Å²) in [5.41, 5.74) is 0.632. The van der Waals surface area contributed by atoms with Gasteiger partial charge in [0.2, 0.25) is 11.8 Å². The average molecular weight is 381 g/mol. The van der Waals surface area contributed by atoms with E-state index >= 15 is 0 Å². The monoisotopic (exact) mass is 381 g/mol. The molecule has 0 aliphatic carbocycles. The molecule has 0 saturated heterocycles. The van der Waals surface area contributed by atoms with Gasteiger partial charge in [-0.15, -0.1) is 10.2 Å². The van der Waals surface area contributed by atoms with Gasteiger partial charge in [0.25, 0.3) is 5.22 Å². The molecule has 9 nitrogen and oxygen atoms in total. The summed E-state index contributed by atoms with van der Waals surface area (Å²) in [6, 6.07) is 5.19. The highest BCUT2D eigenvalue weighted by molar-refractivity contribution is 7.99. The maximum Gasteiger partial charge on any atom is 0.325 e. The number of rotatable bonds is 9. The first-order valence-electron chi connectivity index (χ1n) is 7.67. The van der Waals surface area contributed by atoms with Crippen LogP contribution in [-0.2, 0) is 14.3 Å². The second-order valence-electron chi connectivity index (χ2n) is 4.84. The Morgan fingerprint density at radius 3 is 2.46 bits per heavy atom. The summed E-state index contributed by atoms with van der Waals surface area (Å²) < 4.78 is 20.7. The molecule has 140 valence electrons. The van der Waals surface area contributed by atoms with Crippen LogP contribution in [0.3, 0.4) is 0 Å². The zero-order valence-corrected chi connectivity index (χ0v) is 15.4. The van der Waals surface area contributed by atoms with E-state index in [2.05, 4.69) is 15.5 Å². The number of amides is 1. The van der Waals surface area contributed by atoms with Crippen molar-refractivity contribution in [2.45, 2.75) is 12.1 Å². The third-order valence-corrected chi connectivity index (χ3v) is 3.89. The number of hydrogen-bond donors (Lipinski definition) is 1. The molecule has 26 heavy (non-hydrogen) atoms. The molecule has 0 fully saturated rings. The Hall–Kier alpha value is -2.75. The van der Waals surface area contributed by atoms with E-state index in [9.17, 15) is 9.59 Å². The number of hydrogen-bond acceptors (Lipinski definition) is 9. The molecule has 1 heterocycles. The van der Waals surface area contributed by atoms with Crippen molar-refractivity contribution in [3.05, 3.63) is 18.2 Å². The van der Waals surface area contributed by atoms with E-state index in [-0.39, 0.29) is 35.9 Å². The molecule has 0 spiro atoms. The number of thioether (sulfide) groups is 1. The minimum absolute atomic E-state index is 0.0302. The van der Waals surface area contributed by atoms with Gasteiger partial charge in [0, 0.05) is 11.6 Å². The van der Waals surface area contributed by atoms with Gasteiger partial charge in [-0.25, -0.2) is 0 Å². The molecule has 1 aromatic heterocycles. The van der Waals surface area contributed by atoms with Crippen molar-refractivity contribution in [3.8, 4) is 23.0 Å². The molecule has 0 unspecified atom stereocenters. The lowest BCUT2D eigenvalue weighted by Gasteiger charge is -2.05. The van der Waals surface area contributed by atoms with Crippen LogP contribution in [0.1, 0.15) is 6.92 Å². The van der Waals surface area contributed by atoms with E-state index < -0.39 is 5.97 Å². The summed E-state index contributed by atoms with van der Waals surface area (Å²) in [7, 11) is 3.09. The van der Waals surface area contributed by atoms with Gasteiger partial charge in [-0.2, -0.15) is 0 Å². The van der Waals surface area contributed by atoms with Gasteiger partial charge in [-0.1, -0.05) is 11.8 Å². The summed E-state index contributed by atoms with van der Waals surface area (Å²) in [4.78, 5) is 22.9. The molecule has 0 atom stereocenters. The van der Waals surface area contributed by atoms with E-state index in [4.69, 9.17) is 18.6 Å². The molecule has 0 bridgehead atoms. The minimum Gasteiger partial charge on any atom is -0.497 e. The second kappa shape index (κ2) is 9.66. The van der Waals surface area contributed by atoms with Crippen molar-refractivity contribution in [1.29, 1.82) is 0 Å². The zero-order chi connectivity index (χ0) is 18.9. The smallest absolute Gasteiger partial charge is 0.325 e. The van der Waals surface area contributed by atoms with Crippen LogP contribution in [-0.4, -0.2) is 55.2 Å². The number of nitrogens with one attached hydrogen (secondary N) is 1. The van der Waals surface area contributed by atoms with Crippen molar-refractivity contribution < 1.29 is 28.2 Å². The van der Waals surface area contributed by atoms with E-state index in [1.807, 2.05) is 0 Å². The number of carbonyl (C=O) groups is 2. The molecule has 0 saturated carbocycles. The maximum atomic E-state index is 11.7. The third-order valence-electron chi connectivity index (χ3n) is 3.07. The molecule has 0 radical (unpaired) electrons. The Labute approximate surface area is 154 Å². The summed E-state index contributed by atoms with van der Waals surface area (Å²) >= 11 is 1.06. The highest BCUT2D eigenvalue weighted by Crippen LogP contribution is 2.30. The van der Waals surface area contributed by atoms with Crippen molar-refractivity contribution in [1.82, 2.24) is 15.5 Å². The summed E-state index contributed by atoms with van der Waals surface area (Å²) in [6.07, 6.45) is 0. The fourth-order valence-corrected chi connectivity index (χ4v) is 2.47. The Morgan fingerprint density at radius 2 is 1.85 bits per heavy atom. The van der Waals surface area contributed by atoms with E-state index in [0.717, 1.165) is 11.8 Å². The molecular formula is C16H19N3O6S. The average Bonchev–Trinajstić information content (AvgIpc) is 3.13. The molecule has 10 heteroatoms. The second-order valence-corrected chi connectivity index (χ2v) is 5.77. The largest absolute Gasteiger partial charge is 0.497 e. The lowest BCUT2D eigenvalue weighted by molar-refractivity contribution is -0.143. The highest BCUT2D eigenvalue weighted by atomic mass is 32.2. The molecular weight excluding hydrogens is 362 g/mol. The van der Waals surface area contributed by atoms with Crippen molar-refractivity contribution in [2.24, 2.45) is 0 Å².